The molecule has 2 N–H and O–H groups in total. The summed E-state index contributed by atoms with van der Waals surface area (Å²) in [5.41, 5.74) is 6.05. The van der Waals surface area contributed by atoms with Crippen molar-refractivity contribution in [1.29, 1.82) is 5.26 Å². The van der Waals surface area contributed by atoms with Gasteiger partial charge in [-0.2, -0.15) is 5.26 Å². The third kappa shape index (κ3) is 5.11. The van der Waals surface area contributed by atoms with Crippen molar-refractivity contribution in [3.63, 3.8) is 0 Å². The first-order valence-electron chi connectivity index (χ1n) is 6.29. The number of ether oxygens (including phenoxy) is 2. The Morgan fingerprint density at radius 1 is 1.36 bits per heavy atom. The number of esters is 1. The molecule has 0 radical (unpaired) electrons. The fourth-order valence-electron chi connectivity index (χ4n) is 1.48. The van der Waals surface area contributed by atoms with Gasteiger partial charge in [-0.1, -0.05) is 11.6 Å². The van der Waals surface area contributed by atoms with Crippen LogP contribution in [0.25, 0.3) is 0 Å². The highest BCUT2D eigenvalue weighted by Crippen LogP contribution is 2.20. The van der Waals surface area contributed by atoms with Gasteiger partial charge in [0, 0.05) is 10.7 Å². The summed E-state index contributed by atoms with van der Waals surface area (Å²) in [6.07, 6.45) is 0. The van der Waals surface area contributed by atoms with Crippen LogP contribution in [0.2, 0.25) is 5.02 Å². The molecule has 7 heteroatoms. The summed E-state index contributed by atoms with van der Waals surface area (Å²) in [6.45, 7) is 2.31. The van der Waals surface area contributed by atoms with Crippen LogP contribution in [-0.4, -0.2) is 25.0 Å². The van der Waals surface area contributed by atoms with Crippen molar-refractivity contribution < 1.29 is 19.1 Å². The van der Waals surface area contributed by atoms with Crippen molar-refractivity contribution in [3.05, 3.63) is 40.1 Å². The molecule has 0 atom stereocenters. The minimum Gasteiger partial charge on any atom is -0.482 e. The Morgan fingerprint density at radius 3 is 2.59 bits per heavy atom. The molecule has 0 unspecified atom stereocenters. The summed E-state index contributed by atoms with van der Waals surface area (Å²) in [4.78, 5) is 23.1. The average molecular weight is 323 g/mol. The second-order valence-corrected chi connectivity index (χ2v) is 4.86. The Labute approximate surface area is 133 Å². The molecule has 0 aliphatic carbocycles. The van der Waals surface area contributed by atoms with Crippen LogP contribution in [0.1, 0.15) is 12.5 Å². The first-order valence-corrected chi connectivity index (χ1v) is 6.67. The highest BCUT2D eigenvalue weighted by molar-refractivity contribution is 6.31. The molecule has 0 aliphatic rings. The Hall–Kier alpha value is -2.52. The molecule has 0 heterocycles. The van der Waals surface area contributed by atoms with Gasteiger partial charge in [0.1, 0.15) is 17.4 Å². The quantitative estimate of drug-likeness (QED) is 0.487. The van der Waals surface area contributed by atoms with E-state index in [0.29, 0.717) is 10.8 Å². The van der Waals surface area contributed by atoms with Crippen LogP contribution >= 0.6 is 11.6 Å². The smallest absolute Gasteiger partial charge is 0.344 e. The number of hydrogen-bond donors (Lipinski definition) is 1. The summed E-state index contributed by atoms with van der Waals surface area (Å²) in [7, 11) is 0. The number of benzene rings is 1. The zero-order chi connectivity index (χ0) is 16.7. The number of rotatable bonds is 6. The van der Waals surface area contributed by atoms with Crippen molar-refractivity contribution in [1.82, 2.24) is 0 Å². The van der Waals surface area contributed by atoms with Gasteiger partial charge in [0.25, 0.3) is 0 Å². The van der Waals surface area contributed by atoms with Gasteiger partial charge in [-0.15, -0.1) is 0 Å². The lowest BCUT2D eigenvalue weighted by molar-refractivity contribution is -0.149. The van der Waals surface area contributed by atoms with Crippen LogP contribution in [0.5, 0.6) is 5.75 Å². The fraction of sp³-hybridized carbons (Fsp3) is 0.267. The number of nitrogens with zero attached hydrogens (tertiary/aromatic N) is 1. The number of allylic oxidation sites excluding steroid dienone is 1. The van der Waals surface area contributed by atoms with Crippen LogP contribution < -0.4 is 10.5 Å². The molecule has 1 rings (SSSR count). The molecule has 116 valence electrons. The lowest BCUT2D eigenvalue weighted by Gasteiger charge is -2.08. The van der Waals surface area contributed by atoms with E-state index >= 15 is 0 Å². The van der Waals surface area contributed by atoms with E-state index in [1.807, 2.05) is 0 Å². The standard InChI is InChI=1S/C15H15ClN2O4/c1-9-5-11(3-4-13(9)16)21-8-15(20)22-7-14(19)12(6-17)10(2)18/h3-5H,7-8,18H2,1-2H3. The predicted molar refractivity (Wildman–Crippen MR) is 80.2 cm³/mol. The monoisotopic (exact) mass is 322 g/mol. The SMILES string of the molecule is CC(N)=C(C#N)C(=O)COC(=O)COc1ccc(Cl)c(C)c1. The van der Waals surface area contributed by atoms with E-state index < -0.39 is 18.4 Å². The maximum absolute atomic E-state index is 11.6. The largest absolute Gasteiger partial charge is 0.482 e. The lowest BCUT2D eigenvalue weighted by atomic mass is 10.1. The second-order valence-electron chi connectivity index (χ2n) is 4.45. The Morgan fingerprint density at radius 2 is 2.05 bits per heavy atom. The van der Waals surface area contributed by atoms with Gasteiger partial charge in [-0.3, -0.25) is 4.79 Å². The van der Waals surface area contributed by atoms with Crippen LogP contribution in [0.3, 0.4) is 0 Å². The number of halogens is 1. The van der Waals surface area contributed by atoms with Gasteiger partial charge in [-0.25, -0.2) is 4.79 Å². The van der Waals surface area contributed by atoms with E-state index in [0.717, 1.165) is 5.56 Å². The fourth-order valence-corrected chi connectivity index (χ4v) is 1.60. The van der Waals surface area contributed by atoms with E-state index in [2.05, 4.69) is 0 Å². The average Bonchev–Trinajstić information content (AvgIpc) is 2.46. The molecule has 0 bridgehead atoms. The van der Waals surface area contributed by atoms with Gasteiger partial charge >= 0.3 is 5.97 Å². The Bertz CT molecular complexity index is 658. The minimum absolute atomic E-state index is 0.0800. The maximum Gasteiger partial charge on any atom is 0.344 e. The molecular formula is C15H15ClN2O4. The number of carbonyl (C=O) groups is 2. The number of ketones is 1. The highest BCUT2D eigenvalue weighted by atomic mass is 35.5. The molecule has 0 aromatic heterocycles. The van der Waals surface area contributed by atoms with Crippen molar-refractivity contribution in [2.45, 2.75) is 13.8 Å². The molecule has 0 fully saturated rings. The summed E-state index contributed by atoms with van der Waals surface area (Å²) in [5, 5.41) is 9.34. The van der Waals surface area contributed by atoms with E-state index in [-0.39, 0.29) is 17.9 Å². The van der Waals surface area contributed by atoms with Gasteiger partial charge in [0.15, 0.2) is 13.2 Å². The first kappa shape index (κ1) is 17.5. The van der Waals surface area contributed by atoms with E-state index in [1.165, 1.54) is 6.92 Å². The zero-order valence-electron chi connectivity index (χ0n) is 12.2. The molecule has 0 spiro atoms. The van der Waals surface area contributed by atoms with E-state index in [1.54, 1.807) is 31.2 Å². The summed E-state index contributed by atoms with van der Waals surface area (Å²) >= 11 is 5.87. The summed E-state index contributed by atoms with van der Waals surface area (Å²) in [6, 6.07) is 6.60. The van der Waals surface area contributed by atoms with Crippen molar-refractivity contribution in [3.8, 4) is 11.8 Å². The zero-order valence-corrected chi connectivity index (χ0v) is 12.9. The van der Waals surface area contributed by atoms with Crippen LogP contribution in [0.4, 0.5) is 0 Å². The molecule has 0 amide bonds. The second kappa shape index (κ2) is 8.05. The number of aryl methyl sites for hydroxylation is 1. The molecule has 1 aromatic rings. The number of hydrogen-bond acceptors (Lipinski definition) is 6. The van der Waals surface area contributed by atoms with Crippen LogP contribution in [0.15, 0.2) is 29.5 Å². The third-order valence-corrected chi connectivity index (χ3v) is 3.06. The highest BCUT2D eigenvalue weighted by Gasteiger charge is 2.14. The number of carbonyl (C=O) groups excluding carboxylic acids is 2. The minimum atomic E-state index is -0.729. The number of nitriles is 1. The lowest BCUT2D eigenvalue weighted by Crippen LogP contribution is -2.21. The van der Waals surface area contributed by atoms with Crippen molar-refractivity contribution >= 4 is 23.4 Å². The number of nitrogens with two attached hydrogens (primary N) is 1. The van der Waals surface area contributed by atoms with Gasteiger partial charge in [-0.05, 0) is 37.6 Å². The molecular weight excluding hydrogens is 308 g/mol. The summed E-state index contributed by atoms with van der Waals surface area (Å²) < 4.78 is 9.96. The van der Waals surface area contributed by atoms with E-state index in [4.69, 9.17) is 32.1 Å². The van der Waals surface area contributed by atoms with Crippen molar-refractivity contribution in [2.75, 3.05) is 13.2 Å². The van der Waals surface area contributed by atoms with Crippen molar-refractivity contribution in [2.24, 2.45) is 5.73 Å². The van der Waals surface area contributed by atoms with Crippen LogP contribution in [0, 0.1) is 18.3 Å². The summed E-state index contributed by atoms with van der Waals surface area (Å²) in [5.74, 6) is -0.924. The first-order chi connectivity index (χ1) is 10.3. The molecule has 22 heavy (non-hydrogen) atoms. The maximum atomic E-state index is 11.6. The molecule has 1 aromatic carbocycles. The molecule has 0 saturated carbocycles. The predicted octanol–water partition coefficient (Wildman–Crippen LogP) is 1.90. The normalized spacial score (nSPS) is 11.2. The Balaban J connectivity index is 2.47. The molecule has 6 nitrogen and oxygen atoms in total. The van der Waals surface area contributed by atoms with Gasteiger partial charge in [0.2, 0.25) is 5.78 Å². The molecule has 0 aliphatic heterocycles. The number of Topliss-reactive ketones (excluding diaryl/α,β-unsaturated/α-hetero) is 1. The third-order valence-electron chi connectivity index (χ3n) is 2.64. The van der Waals surface area contributed by atoms with E-state index in [9.17, 15) is 9.59 Å². The van der Waals surface area contributed by atoms with Gasteiger partial charge < -0.3 is 15.2 Å². The topological polar surface area (TPSA) is 102 Å². The molecule has 0 saturated heterocycles. The van der Waals surface area contributed by atoms with Crippen LogP contribution in [-0.2, 0) is 14.3 Å². The Kier molecular flexibility index (Phi) is 6.42. The van der Waals surface area contributed by atoms with Gasteiger partial charge in [0.05, 0.1) is 0 Å².